The number of carboxylic acid groups (broad SMARTS) is 1. The molecule has 1 aliphatic heterocycles. The molecule has 1 fully saturated rings. The van der Waals surface area contributed by atoms with E-state index in [1.807, 2.05) is 12.1 Å². The van der Waals surface area contributed by atoms with Gasteiger partial charge in [-0.05, 0) is 24.3 Å². The van der Waals surface area contributed by atoms with E-state index in [1.54, 1.807) is 6.08 Å². The first-order valence-corrected chi connectivity index (χ1v) is 6.54. The largest absolute Gasteiger partial charge is 0.478 e. The maximum atomic E-state index is 10.4. The Bertz CT molecular complexity index is 446. The van der Waals surface area contributed by atoms with E-state index in [0.29, 0.717) is 0 Å². The van der Waals surface area contributed by atoms with Gasteiger partial charge in [0.15, 0.2) is 0 Å². The predicted octanol–water partition coefficient (Wildman–Crippen LogP) is 1.53. The minimum atomic E-state index is -0.915. The lowest BCUT2D eigenvalue weighted by atomic mass is 10.1. The number of benzene rings is 1. The van der Waals surface area contributed by atoms with E-state index in [2.05, 4.69) is 29.0 Å². The van der Waals surface area contributed by atoms with Gasteiger partial charge in [0.05, 0.1) is 0 Å². The second-order valence-electron chi connectivity index (χ2n) is 4.99. The zero-order chi connectivity index (χ0) is 13.7. The third-order valence-electron chi connectivity index (χ3n) is 3.40. The molecule has 2 rings (SSSR count). The second-order valence-corrected chi connectivity index (χ2v) is 4.99. The summed E-state index contributed by atoms with van der Waals surface area (Å²) in [6.07, 6.45) is 2.78. The van der Waals surface area contributed by atoms with Crippen LogP contribution in [-0.4, -0.2) is 54.1 Å². The van der Waals surface area contributed by atoms with Crippen molar-refractivity contribution < 1.29 is 9.90 Å². The monoisotopic (exact) mass is 260 g/mol. The number of aliphatic carboxylic acids is 1. The molecule has 1 heterocycles. The molecule has 0 atom stereocenters. The fraction of sp³-hybridized carbons (Fsp3) is 0.400. The molecule has 0 aromatic heterocycles. The van der Waals surface area contributed by atoms with Gasteiger partial charge in [0.25, 0.3) is 0 Å². The van der Waals surface area contributed by atoms with Gasteiger partial charge in [-0.25, -0.2) is 4.79 Å². The average Bonchev–Trinajstić information content (AvgIpc) is 2.40. The van der Waals surface area contributed by atoms with Crippen molar-refractivity contribution in [1.82, 2.24) is 9.80 Å². The minimum absolute atomic E-state index is 0.915. The highest BCUT2D eigenvalue weighted by atomic mass is 16.4. The van der Waals surface area contributed by atoms with Crippen molar-refractivity contribution in [3.8, 4) is 0 Å². The van der Waals surface area contributed by atoms with Crippen LogP contribution in [-0.2, 0) is 11.3 Å². The molecule has 19 heavy (non-hydrogen) atoms. The van der Waals surface area contributed by atoms with Crippen molar-refractivity contribution in [1.29, 1.82) is 0 Å². The van der Waals surface area contributed by atoms with Crippen LogP contribution in [0.4, 0.5) is 0 Å². The molecule has 1 aliphatic rings. The Morgan fingerprint density at radius 3 is 2.42 bits per heavy atom. The van der Waals surface area contributed by atoms with Gasteiger partial charge < -0.3 is 10.0 Å². The van der Waals surface area contributed by atoms with Gasteiger partial charge in [0.2, 0.25) is 0 Å². The summed E-state index contributed by atoms with van der Waals surface area (Å²) in [6.45, 7) is 5.43. The minimum Gasteiger partial charge on any atom is -0.478 e. The van der Waals surface area contributed by atoms with Crippen molar-refractivity contribution in [2.45, 2.75) is 6.54 Å². The highest BCUT2D eigenvalue weighted by Crippen LogP contribution is 2.10. The molecule has 0 bridgehead atoms. The van der Waals surface area contributed by atoms with Gasteiger partial charge in [-0.3, -0.25) is 4.90 Å². The summed E-state index contributed by atoms with van der Waals surface area (Å²) in [7, 11) is 2.15. The number of carbonyl (C=O) groups is 1. The van der Waals surface area contributed by atoms with Gasteiger partial charge >= 0.3 is 5.97 Å². The smallest absolute Gasteiger partial charge is 0.328 e. The number of hydrogen-bond donors (Lipinski definition) is 1. The molecule has 0 unspecified atom stereocenters. The molecule has 1 saturated heterocycles. The number of piperazine rings is 1. The first kappa shape index (κ1) is 13.8. The lowest BCUT2D eigenvalue weighted by Gasteiger charge is -2.32. The molecule has 102 valence electrons. The Hall–Kier alpha value is -1.65. The van der Waals surface area contributed by atoms with Crippen LogP contribution < -0.4 is 0 Å². The molecule has 1 aromatic rings. The third-order valence-corrected chi connectivity index (χ3v) is 3.40. The normalized spacial score (nSPS) is 17.9. The number of nitrogens with zero attached hydrogens (tertiary/aromatic N) is 2. The summed E-state index contributed by atoms with van der Waals surface area (Å²) >= 11 is 0. The highest BCUT2D eigenvalue weighted by molar-refractivity contribution is 5.85. The van der Waals surface area contributed by atoms with Crippen molar-refractivity contribution in [2.24, 2.45) is 0 Å². The summed E-state index contributed by atoms with van der Waals surface area (Å²) in [4.78, 5) is 15.2. The van der Waals surface area contributed by atoms with Crippen LogP contribution in [0.3, 0.4) is 0 Å². The lowest BCUT2D eigenvalue weighted by molar-refractivity contribution is -0.131. The molecule has 4 nitrogen and oxygen atoms in total. The molecule has 0 radical (unpaired) electrons. The summed E-state index contributed by atoms with van der Waals surface area (Å²) < 4.78 is 0. The van der Waals surface area contributed by atoms with Gasteiger partial charge in [0, 0.05) is 38.8 Å². The highest BCUT2D eigenvalue weighted by Gasteiger charge is 2.13. The average molecular weight is 260 g/mol. The summed E-state index contributed by atoms with van der Waals surface area (Å²) in [5.74, 6) is -0.915. The van der Waals surface area contributed by atoms with Gasteiger partial charge in [-0.1, -0.05) is 24.3 Å². The van der Waals surface area contributed by atoms with E-state index in [-0.39, 0.29) is 0 Å². The number of hydrogen-bond acceptors (Lipinski definition) is 3. The molecule has 0 saturated carbocycles. The zero-order valence-electron chi connectivity index (χ0n) is 11.2. The van der Waals surface area contributed by atoms with E-state index in [9.17, 15) is 4.79 Å². The van der Waals surface area contributed by atoms with E-state index >= 15 is 0 Å². The molecule has 1 aromatic carbocycles. The van der Waals surface area contributed by atoms with Crippen LogP contribution in [0.15, 0.2) is 30.3 Å². The van der Waals surface area contributed by atoms with Gasteiger partial charge in [-0.2, -0.15) is 0 Å². The molecule has 4 heteroatoms. The summed E-state index contributed by atoms with van der Waals surface area (Å²) in [5.41, 5.74) is 2.20. The Morgan fingerprint density at radius 2 is 1.84 bits per heavy atom. The zero-order valence-corrected chi connectivity index (χ0v) is 11.2. The summed E-state index contributed by atoms with van der Waals surface area (Å²) in [6, 6.07) is 8.06. The number of rotatable bonds is 4. The van der Waals surface area contributed by atoms with E-state index in [0.717, 1.165) is 44.4 Å². The molecular formula is C15H20N2O2. The molecular weight excluding hydrogens is 240 g/mol. The van der Waals surface area contributed by atoms with Crippen LogP contribution in [0, 0.1) is 0 Å². The molecule has 0 amide bonds. The van der Waals surface area contributed by atoms with Crippen LogP contribution in [0.25, 0.3) is 6.08 Å². The van der Waals surface area contributed by atoms with Crippen LogP contribution in [0.1, 0.15) is 11.1 Å². The quantitative estimate of drug-likeness (QED) is 0.834. The summed E-state index contributed by atoms with van der Waals surface area (Å²) in [5, 5.41) is 8.57. The molecule has 0 aliphatic carbocycles. The molecule has 1 N–H and O–H groups in total. The van der Waals surface area contributed by atoms with Crippen LogP contribution in [0.2, 0.25) is 0 Å². The van der Waals surface area contributed by atoms with Crippen molar-refractivity contribution >= 4 is 12.0 Å². The van der Waals surface area contributed by atoms with Crippen molar-refractivity contribution in [3.63, 3.8) is 0 Å². The number of carboxylic acids is 1. The maximum Gasteiger partial charge on any atom is 0.328 e. The van der Waals surface area contributed by atoms with E-state index < -0.39 is 5.97 Å². The maximum absolute atomic E-state index is 10.4. The third kappa shape index (κ3) is 4.50. The van der Waals surface area contributed by atoms with E-state index in [4.69, 9.17) is 5.11 Å². The number of likely N-dealkylation sites (N-methyl/N-ethyl adjacent to an activating group) is 1. The standard InChI is InChI=1S/C15H20N2O2/c1-16-8-10-17(11-9-16)12-14-4-2-13(3-5-14)6-7-15(18)19/h2-7H,8-12H2,1H3,(H,18,19). The topological polar surface area (TPSA) is 43.8 Å². The van der Waals surface area contributed by atoms with Crippen molar-refractivity contribution in [2.75, 3.05) is 33.2 Å². The SMILES string of the molecule is CN1CCN(Cc2ccc(C=CC(=O)O)cc2)CC1. The van der Waals surface area contributed by atoms with Crippen molar-refractivity contribution in [3.05, 3.63) is 41.5 Å². The fourth-order valence-electron chi connectivity index (χ4n) is 2.17. The Balaban J connectivity index is 1.90. The fourth-order valence-corrected chi connectivity index (χ4v) is 2.17. The van der Waals surface area contributed by atoms with Crippen LogP contribution in [0.5, 0.6) is 0 Å². The Labute approximate surface area is 113 Å². The van der Waals surface area contributed by atoms with E-state index in [1.165, 1.54) is 5.56 Å². The molecule has 0 spiro atoms. The van der Waals surface area contributed by atoms with Crippen LogP contribution >= 0.6 is 0 Å². The Morgan fingerprint density at radius 1 is 1.21 bits per heavy atom. The second kappa shape index (κ2) is 6.50. The predicted molar refractivity (Wildman–Crippen MR) is 75.9 cm³/mol. The van der Waals surface area contributed by atoms with Gasteiger partial charge in [0.1, 0.15) is 0 Å². The van der Waals surface area contributed by atoms with Gasteiger partial charge in [-0.15, -0.1) is 0 Å². The first-order valence-electron chi connectivity index (χ1n) is 6.54. The Kier molecular flexibility index (Phi) is 4.71. The lowest BCUT2D eigenvalue weighted by Crippen LogP contribution is -2.43. The first-order chi connectivity index (χ1) is 9.13.